The summed E-state index contributed by atoms with van der Waals surface area (Å²) >= 11 is 1.10. The highest BCUT2D eigenvalue weighted by atomic mass is 32.1. The zero-order chi connectivity index (χ0) is 18.4. The van der Waals surface area contributed by atoms with Crippen LogP contribution in [0.4, 0.5) is 13.2 Å². The van der Waals surface area contributed by atoms with Gasteiger partial charge in [-0.3, -0.25) is 4.68 Å². The Morgan fingerprint density at radius 1 is 1.28 bits per heavy atom. The van der Waals surface area contributed by atoms with Crippen LogP contribution in [0.25, 0.3) is 21.8 Å². The summed E-state index contributed by atoms with van der Waals surface area (Å²) in [6.45, 7) is 1.70. The Kier molecular flexibility index (Phi) is 4.19. The van der Waals surface area contributed by atoms with E-state index in [0.717, 1.165) is 16.0 Å². The second-order valence-corrected chi connectivity index (χ2v) is 6.23. The summed E-state index contributed by atoms with van der Waals surface area (Å²) in [4.78, 5) is 4.18. The molecule has 0 saturated heterocycles. The molecule has 0 saturated carbocycles. The fraction of sp³-hybridized carbons (Fsp3) is 0.250. The number of alkyl halides is 3. The molecule has 0 aliphatic carbocycles. The summed E-state index contributed by atoms with van der Waals surface area (Å²) in [5, 5.41) is 16.1. The fourth-order valence-electron chi connectivity index (χ4n) is 2.55. The number of aryl methyl sites for hydroxylation is 2. The van der Waals surface area contributed by atoms with Gasteiger partial charge in [-0.05, 0) is 19.1 Å². The number of hydrogen-bond acceptors (Lipinski definition) is 5. The first-order valence-electron chi connectivity index (χ1n) is 7.16. The molecule has 0 radical (unpaired) electrons. The van der Waals surface area contributed by atoms with Gasteiger partial charge in [0.25, 0.3) is 0 Å². The summed E-state index contributed by atoms with van der Waals surface area (Å²) < 4.78 is 46.5. The van der Waals surface area contributed by atoms with Gasteiger partial charge >= 0.3 is 6.18 Å². The van der Waals surface area contributed by atoms with Gasteiger partial charge in [0.1, 0.15) is 22.2 Å². The molecule has 2 heterocycles. The fourth-order valence-corrected chi connectivity index (χ4v) is 3.39. The average Bonchev–Trinajstić information content (AvgIpc) is 3.09. The molecule has 2 aromatic heterocycles. The van der Waals surface area contributed by atoms with E-state index in [-0.39, 0.29) is 27.6 Å². The van der Waals surface area contributed by atoms with Crippen LogP contribution in [0.1, 0.15) is 11.4 Å². The number of aromatic nitrogens is 3. The molecule has 5 nitrogen and oxygen atoms in total. The number of ether oxygens (including phenoxy) is 1. The lowest BCUT2D eigenvalue weighted by Crippen LogP contribution is -2.13. The van der Waals surface area contributed by atoms with Gasteiger partial charge in [-0.1, -0.05) is 0 Å². The van der Waals surface area contributed by atoms with Crippen molar-refractivity contribution in [1.29, 1.82) is 0 Å². The maximum absolute atomic E-state index is 13.6. The molecule has 0 bridgehead atoms. The minimum atomic E-state index is -4.61. The van der Waals surface area contributed by atoms with E-state index in [1.54, 1.807) is 18.4 Å². The third-order valence-electron chi connectivity index (χ3n) is 3.61. The largest absolute Gasteiger partial charge is 0.507 e. The van der Waals surface area contributed by atoms with Crippen molar-refractivity contribution in [2.75, 3.05) is 7.11 Å². The lowest BCUT2D eigenvalue weighted by atomic mass is 10.0. The van der Waals surface area contributed by atoms with E-state index >= 15 is 0 Å². The highest BCUT2D eigenvalue weighted by molar-refractivity contribution is 7.13. The van der Waals surface area contributed by atoms with Gasteiger partial charge in [-0.25, -0.2) is 4.98 Å². The van der Waals surface area contributed by atoms with Crippen molar-refractivity contribution < 1.29 is 23.0 Å². The van der Waals surface area contributed by atoms with Crippen molar-refractivity contribution in [3.63, 3.8) is 0 Å². The maximum atomic E-state index is 13.6. The van der Waals surface area contributed by atoms with Crippen LogP contribution in [-0.4, -0.2) is 27.0 Å². The first-order chi connectivity index (χ1) is 11.7. The van der Waals surface area contributed by atoms with Crippen LogP contribution in [-0.2, 0) is 13.2 Å². The Bertz CT molecular complexity index is 931. The maximum Gasteiger partial charge on any atom is 0.433 e. The molecule has 0 spiro atoms. The first-order valence-corrected chi connectivity index (χ1v) is 8.04. The van der Waals surface area contributed by atoms with Gasteiger partial charge in [0, 0.05) is 29.8 Å². The zero-order valence-corrected chi connectivity index (χ0v) is 14.4. The summed E-state index contributed by atoms with van der Waals surface area (Å²) in [6.07, 6.45) is -4.61. The molecule has 0 fully saturated rings. The first kappa shape index (κ1) is 17.3. The Balaban J connectivity index is 2.31. The van der Waals surface area contributed by atoms with Gasteiger partial charge in [0.2, 0.25) is 0 Å². The highest BCUT2D eigenvalue weighted by Gasteiger charge is 2.41. The zero-order valence-electron chi connectivity index (χ0n) is 13.5. The van der Waals surface area contributed by atoms with Crippen molar-refractivity contribution in [3.8, 4) is 33.3 Å². The summed E-state index contributed by atoms with van der Waals surface area (Å²) in [5.41, 5.74) is -0.249. The number of phenolic OH excluding ortho intramolecular Hbond substituents is 1. The second kappa shape index (κ2) is 6.07. The molecule has 0 aliphatic heterocycles. The Labute approximate surface area is 145 Å². The van der Waals surface area contributed by atoms with Crippen molar-refractivity contribution in [2.24, 2.45) is 7.05 Å². The van der Waals surface area contributed by atoms with Crippen LogP contribution in [0.2, 0.25) is 0 Å². The van der Waals surface area contributed by atoms with Gasteiger partial charge in [-0.15, -0.1) is 11.3 Å². The average molecular weight is 369 g/mol. The summed E-state index contributed by atoms with van der Waals surface area (Å²) in [7, 11) is 2.65. The van der Waals surface area contributed by atoms with E-state index in [0.29, 0.717) is 11.4 Å². The molecule has 0 atom stereocenters. The third kappa shape index (κ3) is 3.07. The van der Waals surface area contributed by atoms with Crippen LogP contribution in [0, 0.1) is 6.92 Å². The molecule has 3 rings (SSSR count). The predicted octanol–water partition coefficient (Wildman–Crippen LogP) is 4.25. The number of hydrogen-bond donors (Lipinski definition) is 1. The normalized spacial score (nSPS) is 11.8. The predicted molar refractivity (Wildman–Crippen MR) is 87.7 cm³/mol. The topological polar surface area (TPSA) is 60.2 Å². The molecule has 1 aromatic carbocycles. The van der Waals surface area contributed by atoms with Gasteiger partial charge < -0.3 is 9.84 Å². The number of halogens is 3. The SMILES string of the molecule is COc1ccc(-c2nn(C)c(C(F)(F)F)c2-c2nc(C)cs2)c(O)c1. The Morgan fingerprint density at radius 3 is 2.52 bits per heavy atom. The van der Waals surface area contributed by atoms with Crippen molar-refractivity contribution in [3.05, 3.63) is 35.0 Å². The van der Waals surface area contributed by atoms with Crippen LogP contribution < -0.4 is 4.74 Å². The number of benzene rings is 1. The van der Waals surface area contributed by atoms with E-state index in [2.05, 4.69) is 10.1 Å². The van der Waals surface area contributed by atoms with Crippen LogP contribution >= 0.6 is 11.3 Å². The second-order valence-electron chi connectivity index (χ2n) is 5.37. The number of methoxy groups -OCH3 is 1. The third-order valence-corrected chi connectivity index (χ3v) is 4.59. The molecule has 9 heteroatoms. The highest BCUT2D eigenvalue weighted by Crippen LogP contribution is 2.45. The molecular weight excluding hydrogens is 355 g/mol. The van der Waals surface area contributed by atoms with Crippen molar-refractivity contribution in [1.82, 2.24) is 14.8 Å². The molecule has 0 unspecified atom stereocenters. The molecule has 3 aromatic rings. The molecule has 1 N–H and O–H groups in total. The van der Waals surface area contributed by atoms with Crippen LogP contribution in [0.5, 0.6) is 11.5 Å². The number of rotatable bonds is 3. The molecular formula is C16H14F3N3O2S. The number of thiazole rings is 1. The quantitative estimate of drug-likeness (QED) is 0.750. The lowest BCUT2D eigenvalue weighted by molar-refractivity contribution is -0.143. The molecule has 0 amide bonds. The standard InChI is InChI=1S/C16H14F3N3O2S/c1-8-7-25-15(20-8)12-13(21-22(2)14(12)16(17,18)19)10-5-4-9(24-3)6-11(10)23/h4-7,23H,1-3H3. The lowest BCUT2D eigenvalue weighted by Gasteiger charge is -2.09. The smallest absolute Gasteiger partial charge is 0.433 e. The van der Waals surface area contributed by atoms with Crippen LogP contribution in [0.3, 0.4) is 0 Å². The van der Waals surface area contributed by atoms with Gasteiger partial charge in [0.05, 0.1) is 12.7 Å². The Hall–Kier alpha value is -2.55. The van der Waals surface area contributed by atoms with Crippen LogP contribution in [0.15, 0.2) is 23.6 Å². The number of nitrogens with zero attached hydrogens (tertiary/aromatic N) is 3. The number of aromatic hydroxyl groups is 1. The molecule has 132 valence electrons. The van der Waals surface area contributed by atoms with E-state index in [1.165, 1.54) is 26.3 Å². The monoisotopic (exact) mass is 369 g/mol. The van der Waals surface area contributed by atoms with E-state index in [1.807, 2.05) is 0 Å². The minimum absolute atomic E-state index is 0.0179. The van der Waals surface area contributed by atoms with Crippen molar-refractivity contribution >= 4 is 11.3 Å². The summed E-state index contributed by atoms with van der Waals surface area (Å²) in [6, 6.07) is 4.35. The van der Waals surface area contributed by atoms with Crippen molar-refractivity contribution in [2.45, 2.75) is 13.1 Å². The van der Waals surface area contributed by atoms with E-state index < -0.39 is 11.9 Å². The molecule has 25 heavy (non-hydrogen) atoms. The van der Waals surface area contributed by atoms with E-state index in [4.69, 9.17) is 4.74 Å². The number of phenols is 1. The minimum Gasteiger partial charge on any atom is -0.507 e. The Morgan fingerprint density at radius 2 is 2.00 bits per heavy atom. The van der Waals surface area contributed by atoms with Gasteiger partial charge in [0.15, 0.2) is 5.69 Å². The van der Waals surface area contributed by atoms with E-state index in [9.17, 15) is 18.3 Å². The summed E-state index contributed by atoms with van der Waals surface area (Å²) in [5.74, 6) is 0.167. The molecule has 0 aliphatic rings. The van der Waals surface area contributed by atoms with Gasteiger partial charge in [-0.2, -0.15) is 18.3 Å².